The van der Waals surface area contributed by atoms with Crippen molar-refractivity contribution >= 4 is 56.7 Å². The highest BCUT2D eigenvalue weighted by molar-refractivity contribution is 9.10. The molecule has 32 heavy (non-hydrogen) atoms. The molecule has 0 saturated carbocycles. The number of aromatic amines is 1. The number of fused-ring (bicyclic) bond motifs is 1. The molecular weight excluding hydrogens is 490 g/mol. The molecule has 1 aromatic heterocycles. The summed E-state index contributed by atoms with van der Waals surface area (Å²) < 4.78 is 0.878. The predicted octanol–water partition coefficient (Wildman–Crippen LogP) is 6.37. The van der Waals surface area contributed by atoms with E-state index in [1.54, 1.807) is 36.7 Å². The summed E-state index contributed by atoms with van der Waals surface area (Å²) >= 11 is 9.57. The number of halogens is 2. The Morgan fingerprint density at radius 1 is 1.00 bits per heavy atom. The first-order valence-corrected chi connectivity index (χ1v) is 10.8. The molecule has 0 fully saturated rings. The summed E-state index contributed by atoms with van der Waals surface area (Å²) in [6.07, 6.45) is 1.66. The standard InChI is InChI=1S/C24H13BrClN5O/c25-17-6-4-16(5-7-17)22-29-23-21(24(32)30-22)28-14-31(23,19-10-8-18(26)9-11-19)20-3-1-2-15(12-20)13-27/h1-12,14H/p+1. The Kier molecular flexibility index (Phi) is 4.98. The van der Waals surface area contributed by atoms with Gasteiger partial charge in [-0.15, -0.1) is 0 Å². The Morgan fingerprint density at radius 3 is 2.47 bits per heavy atom. The van der Waals surface area contributed by atoms with Crippen LogP contribution in [0.25, 0.3) is 11.4 Å². The third-order valence-electron chi connectivity index (χ3n) is 5.30. The lowest BCUT2D eigenvalue weighted by Crippen LogP contribution is -2.36. The highest BCUT2D eigenvalue weighted by atomic mass is 79.9. The zero-order chi connectivity index (χ0) is 22.3. The Hall–Kier alpha value is -3.57. The molecule has 0 bridgehead atoms. The van der Waals surface area contributed by atoms with Gasteiger partial charge in [-0.1, -0.05) is 45.7 Å². The topological polar surface area (TPSA) is 81.9 Å². The lowest BCUT2D eigenvalue weighted by Gasteiger charge is -2.29. The maximum Gasteiger partial charge on any atom is 0.283 e. The van der Waals surface area contributed by atoms with Gasteiger partial charge in [-0.3, -0.25) is 4.79 Å². The first-order valence-electron chi connectivity index (χ1n) is 9.63. The van der Waals surface area contributed by atoms with Crippen LogP contribution in [0.15, 0.2) is 87.1 Å². The lowest BCUT2D eigenvalue weighted by molar-refractivity contribution is 0.757. The second-order valence-electron chi connectivity index (χ2n) is 7.20. The molecule has 0 aliphatic carbocycles. The molecule has 0 amide bonds. The molecule has 8 heteroatoms. The van der Waals surface area contributed by atoms with E-state index in [9.17, 15) is 10.1 Å². The van der Waals surface area contributed by atoms with E-state index in [0.29, 0.717) is 22.2 Å². The Balaban J connectivity index is 1.82. The van der Waals surface area contributed by atoms with Crippen molar-refractivity contribution < 1.29 is 0 Å². The Labute approximate surface area is 196 Å². The van der Waals surface area contributed by atoms with Gasteiger partial charge in [0.25, 0.3) is 11.4 Å². The van der Waals surface area contributed by atoms with Gasteiger partial charge >= 0.3 is 0 Å². The number of hydrogen-bond donors (Lipinski definition) is 1. The van der Waals surface area contributed by atoms with E-state index in [2.05, 4.69) is 32.0 Å². The third kappa shape index (κ3) is 3.26. The van der Waals surface area contributed by atoms with Crippen LogP contribution in [0.3, 0.4) is 0 Å². The van der Waals surface area contributed by atoms with Crippen LogP contribution in [-0.4, -0.2) is 16.3 Å². The van der Waals surface area contributed by atoms with Crippen LogP contribution in [-0.2, 0) is 0 Å². The lowest BCUT2D eigenvalue weighted by atomic mass is 10.1. The molecule has 0 spiro atoms. The van der Waals surface area contributed by atoms with Crippen molar-refractivity contribution in [2.24, 2.45) is 4.99 Å². The molecule has 2 heterocycles. The summed E-state index contributed by atoms with van der Waals surface area (Å²) in [6, 6.07) is 24.2. The van der Waals surface area contributed by atoms with Crippen molar-refractivity contribution in [1.82, 2.24) is 14.5 Å². The zero-order valence-electron chi connectivity index (χ0n) is 16.5. The van der Waals surface area contributed by atoms with E-state index < -0.39 is 0 Å². The molecule has 1 atom stereocenters. The van der Waals surface area contributed by atoms with Crippen LogP contribution in [0.5, 0.6) is 0 Å². The number of hydrogen-bond acceptors (Lipinski definition) is 4. The average molecular weight is 504 g/mol. The molecule has 0 saturated heterocycles. The van der Waals surface area contributed by atoms with E-state index in [1.165, 1.54) is 0 Å². The largest absolute Gasteiger partial charge is 0.304 e. The summed E-state index contributed by atoms with van der Waals surface area (Å²) in [5.74, 6) is 0.878. The van der Waals surface area contributed by atoms with Gasteiger partial charge in [0.05, 0.1) is 11.6 Å². The molecule has 6 nitrogen and oxygen atoms in total. The number of benzene rings is 3. The zero-order valence-corrected chi connectivity index (χ0v) is 18.8. The number of H-pyrrole nitrogens is 1. The van der Waals surface area contributed by atoms with Crippen LogP contribution in [0, 0.1) is 11.3 Å². The van der Waals surface area contributed by atoms with E-state index in [-0.39, 0.29) is 15.7 Å². The van der Waals surface area contributed by atoms with Gasteiger partial charge < -0.3 is 4.98 Å². The molecule has 1 N–H and O–H groups in total. The van der Waals surface area contributed by atoms with Crippen molar-refractivity contribution in [2.45, 2.75) is 0 Å². The fourth-order valence-corrected chi connectivity index (χ4v) is 4.15. The minimum absolute atomic E-state index is 0.0462. The van der Waals surface area contributed by atoms with Crippen LogP contribution >= 0.6 is 27.5 Å². The van der Waals surface area contributed by atoms with Crippen molar-refractivity contribution in [3.8, 4) is 17.5 Å². The van der Waals surface area contributed by atoms with Crippen molar-refractivity contribution in [1.29, 1.82) is 5.26 Å². The second kappa shape index (κ2) is 7.84. The molecule has 1 aliphatic rings. The molecule has 3 aromatic carbocycles. The number of aromatic nitrogens is 2. The fourth-order valence-electron chi connectivity index (χ4n) is 3.76. The Morgan fingerprint density at radius 2 is 1.75 bits per heavy atom. The molecule has 1 unspecified atom stereocenters. The quantitative estimate of drug-likeness (QED) is 0.330. The van der Waals surface area contributed by atoms with Crippen molar-refractivity contribution in [3.05, 3.63) is 98.2 Å². The molecule has 5 rings (SSSR count). The predicted molar refractivity (Wildman–Crippen MR) is 130 cm³/mol. The Bertz CT molecular complexity index is 1470. The summed E-state index contributed by atoms with van der Waals surface area (Å²) in [4.78, 5) is 25.1. The highest BCUT2D eigenvalue weighted by Gasteiger charge is 2.45. The summed E-state index contributed by atoms with van der Waals surface area (Å²) in [5.41, 5.74) is 2.66. The summed E-state index contributed by atoms with van der Waals surface area (Å²) in [6.45, 7) is 0. The van der Waals surface area contributed by atoms with Gasteiger partial charge in [0.15, 0.2) is 5.69 Å². The molecular formula is C24H14BrClN5O+. The first kappa shape index (κ1) is 20.3. The highest BCUT2D eigenvalue weighted by Crippen LogP contribution is 2.48. The van der Waals surface area contributed by atoms with Gasteiger partial charge in [-0.25, -0.2) is 0 Å². The number of rotatable bonds is 3. The fraction of sp³-hybridized carbons (Fsp3) is 0. The average Bonchev–Trinajstić information content (AvgIpc) is 3.21. The number of nitriles is 1. The van der Waals surface area contributed by atoms with E-state index in [4.69, 9.17) is 16.6 Å². The number of quaternary nitrogens is 1. The number of nitrogens with zero attached hydrogens (tertiary/aromatic N) is 4. The third-order valence-corrected chi connectivity index (χ3v) is 6.09. The number of nitrogens with one attached hydrogen (secondary N) is 1. The summed E-state index contributed by atoms with van der Waals surface area (Å²) in [5, 5.41) is 10.1. The van der Waals surface area contributed by atoms with Crippen LogP contribution in [0.1, 0.15) is 5.56 Å². The van der Waals surface area contributed by atoms with E-state index >= 15 is 0 Å². The molecule has 4 aromatic rings. The van der Waals surface area contributed by atoms with E-state index in [1.807, 2.05) is 42.5 Å². The van der Waals surface area contributed by atoms with Crippen LogP contribution < -0.4 is 10.0 Å². The van der Waals surface area contributed by atoms with Gasteiger partial charge in [0.2, 0.25) is 12.0 Å². The first-order chi connectivity index (χ1) is 15.5. The van der Waals surface area contributed by atoms with Gasteiger partial charge in [-0.2, -0.15) is 19.7 Å². The maximum atomic E-state index is 13.0. The van der Waals surface area contributed by atoms with Crippen LogP contribution in [0.2, 0.25) is 5.02 Å². The van der Waals surface area contributed by atoms with Crippen molar-refractivity contribution in [3.63, 3.8) is 0 Å². The normalized spacial score (nSPS) is 16.5. The smallest absolute Gasteiger partial charge is 0.283 e. The summed E-state index contributed by atoms with van der Waals surface area (Å²) in [7, 11) is 0. The monoisotopic (exact) mass is 502 g/mol. The molecule has 1 aliphatic heterocycles. The second-order valence-corrected chi connectivity index (χ2v) is 8.55. The SMILES string of the molecule is N#Cc1cccc([N+]2(c3ccc(Cl)cc3)C=Nc3c2nc(-c2ccc(Br)cc2)[nH]c3=O)c1. The molecule has 154 valence electrons. The van der Waals surface area contributed by atoms with Gasteiger partial charge in [0.1, 0.15) is 11.5 Å². The number of aliphatic imine (C=N–C) groups is 1. The van der Waals surface area contributed by atoms with E-state index in [0.717, 1.165) is 21.4 Å². The van der Waals surface area contributed by atoms with Gasteiger partial charge in [-0.05, 0) is 30.3 Å². The molecule has 0 radical (unpaired) electrons. The minimum Gasteiger partial charge on any atom is -0.304 e. The maximum absolute atomic E-state index is 13.0. The van der Waals surface area contributed by atoms with Crippen LogP contribution in [0.4, 0.5) is 22.9 Å². The minimum atomic E-state index is -0.338. The van der Waals surface area contributed by atoms with Gasteiger partial charge in [0, 0.05) is 39.3 Å². The van der Waals surface area contributed by atoms with Crippen molar-refractivity contribution in [2.75, 3.05) is 0 Å².